The van der Waals surface area contributed by atoms with E-state index in [1.165, 1.54) is 6.07 Å². The highest BCUT2D eigenvalue weighted by Gasteiger charge is 2.14. The molecular formula is C13H10N2O2S. The number of nitrogens with zero attached hydrogens (tertiary/aromatic N) is 1. The summed E-state index contributed by atoms with van der Waals surface area (Å²) >= 11 is 0. The van der Waals surface area contributed by atoms with Crippen LogP contribution in [0.1, 0.15) is 0 Å². The highest BCUT2D eigenvalue weighted by Crippen LogP contribution is 2.28. The van der Waals surface area contributed by atoms with E-state index in [1.54, 1.807) is 18.3 Å². The van der Waals surface area contributed by atoms with Crippen molar-refractivity contribution in [3.63, 3.8) is 0 Å². The van der Waals surface area contributed by atoms with E-state index in [-0.39, 0.29) is 4.90 Å². The second kappa shape index (κ2) is 3.76. The lowest BCUT2D eigenvalue weighted by molar-refractivity contribution is 0.598. The minimum atomic E-state index is -3.76. The Hall–Kier alpha value is -1.98. The van der Waals surface area contributed by atoms with Crippen LogP contribution in [-0.2, 0) is 10.0 Å². The van der Waals surface area contributed by atoms with Crippen molar-refractivity contribution in [2.45, 2.75) is 4.90 Å². The van der Waals surface area contributed by atoms with Crippen LogP contribution in [0, 0.1) is 0 Å². The first kappa shape index (κ1) is 11.1. The Morgan fingerprint density at radius 2 is 1.78 bits per heavy atom. The molecule has 0 radical (unpaired) electrons. The fraction of sp³-hybridized carbons (Fsp3) is 0. The van der Waals surface area contributed by atoms with Crippen molar-refractivity contribution in [1.29, 1.82) is 0 Å². The third-order valence-corrected chi connectivity index (χ3v) is 3.84. The first-order valence-electron chi connectivity index (χ1n) is 5.37. The summed E-state index contributed by atoms with van der Waals surface area (Å²) in [6, 6.07) is 12.4. The number of hydrogen-bond donors (Lipinski definition) is 1. The standard InChI is InChI=1S/C13H10N2O2S/c14-18(16,17)12-7-3-6-11-13(12)10-5-2-1-4-9(10)8-15-11/h1-8H,(H2,14,16,17). The van der Waals surface area contributed by atoms with Gasteiger partial charge >= 0.3 is 0 Å². The SMILES string of the molecule is NS(=O)(=O)c1cccc2ncc3ccccc3c12. The predicted octanol–water partition coefficient (Wildman–Crippen LogP) is 2.04. The van der Waals surface area contributed by atoms with Crippen molar-refractivity contribution < 1.29 is 8.42 Å². The summed E-state index contributed by atoms with van der Waals surface area (Å²) in [5, 5.41) is 7.57. The molecule has 2 N–H and O–H groups in total. The molecule has 4 nitrogen and oxygen atoms in total. The van der Waals surface area contributed by atoms with Gasteiger partial charge in [0.05, 0.1) is 10.4 Å². The summed E-state index contributed by atoms with van der Waals surface area (Å²) < 4.78 is 23.3. The first-order valence-corrected chi connectivity index (χ1v) is 6.91. The van der Waals surface area contributed by atoms with Crippen LogP contribution >= 0.6 is 0 Å². The molecule has 0 atom stereocenters. The Bertz CT molecular complexity index is 857. The molecule has 3 aromatic rings. The number of benzene rings is 2. The van der Waals surface area contributed by atoms with E-state index >= 15 is 0 Å². The van der Waals surface area contributed by atoms with E-state index in [9.17, 15) is 8.42 Å². The number of hydrogen-bond acceptors (Lipinski definition) is 3. The minimum Gasteiger partial charge on any atom is -0.256 e. The summed E-state index contributed by atoms with van der Waals surface area (Å²) in [4.78, 5) is 4.38. The summed E-state index contributed by atoms with van der Waals surface area (Å²) in [7, 11) is -3.76. The summed E-state index contributed by atoms with van der Waals surface area (Å²) in [5.41, 5.74) is 0.625. The van der Waals surface area contributed by atoms with Gasteiger partial charge in [-0.05, 0) is 17.5 Å². The maximum absolute atomic E-state index is 11.6. The van der Waals surface area contributed by atoms with Crippen molar-refractivity contribution in [1.82, 2.24) is 4.98 Å². The number of primary sulfonamides is 1. The molecule has 5 heteroatoms. The van der Waals surface area contributed by atoms with Crippen LogP contribution in [0.15, 0.2) is 53.6 Å². The lowest BCUT2D eigenvalue weighted by atomic mass is 10.1. The number of aromatic nitrogens is 1. The lowest BCUT2D eigenvalue weighted by Crippen LogP contribution is -2.12. The molecule has 2 aromatic carbocycles. The molecule has 1 heterocycles. The van der Waals surface area contributed by atoms with Gasteiger partial charge in [0.25, 0.3) is 0 Å². The largest absolute Gasteiger partial charge is 0.256 e. The molecule has 0 aliphatic heterocycles. The second-order valence-electron chi connectivity index (χ2n) is 4.04. The Balaban J connectivity index is 2.63. The van der Waals surface area contributed by atoms with Crippen LogP contribution in [0.3, 0.4) is 0 Å². The van der Waals surface area contributed by atoms with Crippen molar-refractivity contribution in [2.75, 3.05) is 0 Å². The van der Waals surface area contributed by atoms with Crippen molar-refractivity contribution >= 4 is 31.7 Å². The van der Waals surface area contributed by atoms with Gasteiger partial charge in [0.15, 0.2) is 0 Å². The summed E-state index contributed by atoms with van der Waals surface area (Å²) in [5.74, 6) is 0. The molecule has 0 unspecified atom stereocenters. The van der Waals surface area contributed by atoms with Gasteiger partial charge in [0, 0.05) is 17.0 Å². The average molecular weight is 258 g/mol. The number of nitrogens with two attached hydrogens (primary N) is 1. The molecule has 3 rings (SSSR count). The van der Waals surface area contributed by atoms with E-state index in [2.05, 4.69) is 4.98 Å². The Morgan fingerprint density at radius 1 is 1.00 bits per heavy atom. The van der Waals surface area contributed by atoms with Gasteiger partial charge in [0.2, 0.25) is 10.0 Å². The molecule has 0 spiro atoms. The molecule has 0 saturated carbocycles. The quantitative estimate of drug-likeness (QED) is 0.679. The number of rotatable bonds is 1. The van der Waals surface area contributed by atoms with Gasteiger partial charge in [-0.2, -0.15) is 0 Å². The van der Waals surface area contributed by atoms with Crippen LogP contribution in [0.2, 0.25) is 0 Å². The van der Waals surface area contributed by atoms with Gasteiger partial charge in [-0.25, -0.2) is 13.6 Å². The number of fused-ring (bicyclic) bond motifs is 3. The van der Waals surface area contributed by atoms with Gasteiger partial charge < -0.3 is 0 Å². The van der Waals surface area contributed by atoms with Gasteiger partial charge in [-0.3, -0.25) is 4.98 Å². The van der Waals surface area contributed by atoms with Crippen LogP contribution in [0.25, 0.3) is 21.7 Å². The van der Waals surface area contributed by atoms with Crippen LogP contribution in [0.4, 0.5) is 0 Å². The molecule has 0 aliphatic rings. The lowest BCUT2D eigenvalue weighted by Gasteiger charge is -2.07. The minimum absolute atomic E-state index is 0.115. The van der Waals surface area contributed by atoms with Gasteiger partial charge in [-0.1, -0.05) is 30.3 Å². The Labute approximate surface area is 104 Å². The summed E-state index contributed by atoms with van der Waals surface area (Å²) in [6.07, 6.45) is 1.73. The Kier molecular flexibility index (Phi) is 2.33. The zero-order valence-electron chi connectivity index (χ0n) is 9.37. The predicted molar refractivity (Wildman–Crippen MR) is 70.6 cm³/mol. The number of pyridine rings is 1. The molecule has 0 aliphatic carbocycles. The second-order valence-corrected chi connectivity index (χ2v) is 5.57. The van der Waals surface area contributed by atoms with Crippen molar-refractivity contribution in [3.8, 4) is 0 Å². The monoisotopic (exact) mass is 258 g/mol. The molecule has 18 heavy (non-hydrogen) atoms. The zero-order valence-corrected chi connectivity index (χ0v) is 10.2. The molecule has 0 amide bonds. The third-order valence-electron chi connectivity index (χ3n) is 2.88. The van der Waals surface area contributed by atoms with Crippen LogP contribution < -0.4 is 5.14 Å². The Morgan fingerprint density at radius 3 is 2.56 bits per heavy atom. The molecule has 0 bridgehead atoms. The van der Waals surface area contributed by atoms with E-state index in [0.717, 1.165) is 10.8 Å². The zero-order chi connectivity index (χ0) is 12.8. The average Bonchev–Trinajstić information content (AvgIpc) is 2.36. The van der Waals surface area contributed by atoms with Crippen LogP contribution in [-0.4, -0.2) is 13.4 Å². The highest BCUT2D eigenvalue weighted by molar-refractivity contribution is 7.89. The first-order chi connectivity index (χ1) is 8.57. The van der Waals surface area contributed by atoms with Gasteiger partial charge in [-0.15, -0.1) is 0 Å². The highest BCUT2D eigenvalue weighted by atomic mass is 32.2. The van der Waals surface area contributed by atoms with Gasteiger partial charge in [0.1, 0.15) is 0 Å². The third kappa shape index (κ3) is 1.64. The van der Waals surface area contributed by atoms with Crippen LogP contribution in [0.5, 0.6) is 0 Å². The van der Waals surface area contributed by atoms with E-state index in [0.29, 0.717) is 10.9 Å². The maximum atomic E-state index is 11.6. The van der Waals surface area contributed by atoms with E-state index in [1.807, 2.05) is 24.3 Å². The maximum Gasteiger partial charge on any atom is 0.238 e. The van der Waals surface area contributed by atoms with Crippen molar-refractivity contribution in [3.05, 3.63) is 48.7 Å². The fourth-order valence-electron chi connectivity index (χ4n) is 2.11. The molecule has 90 valence electrons. The molecule has 0 fully saturated rings. The molecular weight excluding hydrogens is 248 g/mol. The smallest absolute Gasteiger partial charge is 0.238 e. The van der Waals surface area contributed by atoms with E-state index < -0.39 is 10.0 Å². The molecule has 0 saturated heterocycles. The molecule has 1 aromatic heterocycles. The normalized spacial score (nSPS) is 12.1. The topological polar surface area (TPSA) is 73.1 Å². The summed E-state index contributed by atoms with van der Waals surface area (Å²) in [6.45, 7) is 0. The van der Waals surface area contributed by atoms with E-state index in [4.69, 9.17) is 5.14 Å². The fourth-order valence-corrected chi connectivity index (χ4v) is 2.88. The van der Waals surface area contributed by atoms with Crippen molar-refractivity contribution in [2.24, 2.45) is 5.14 Å². The number of sulfonamides is 1.